The fraction of sp³-hybridized carbons (Fsp3) is 0.538. The smallest absolute Gasteiger partial charge is 0.0160 e. The van der Waals surface area contributed by atoms with E-state index in [9.17, 15) is 0 Å². The molecule has 1 aliphatic carbocycles. The number of rotatable bonds is 3. The first kappa shape index (κ1) is 10.3. The maximum atomic E-state index is 3.87. The Morgan fingerprint density at radius 2 is 1.92 bits per heavy atom. The van der Waals surface area contributed by atoms with Gasteiger partial charge in [-0.2, -0.15) is 0 Å². The molecule has 0 aliphatic heterocycles. The van der Waals surface area contributed by atoms with Crippen molar-refractivity contribution in [2.75, 3.05) is 0 Å². The van der Waals surface area contributed by atoms with Crippen LogP contribution in [-0.2, 0) is 0 Å². The minimum atomic E-state index is 0.815. The summed E-state index contributed by atoms with van der Waals surface area (Å²) in [4.78, 5) is 0. The van der Waals surface area contributed by atoms with Gasteiger partial charge >= 0.3 is 0 Å². The monoisotopic (exact) mass is 176 g/mol. The third-order valence-corrected chi connectivity index (χ3v) is 2.74. The van der Waals surface area contributed by atoms with Crippen LogP contribution in [0.2, 0.25) is 0 Å². The van der Waals surface area contributed by atoms with Gasteiger partial charge in [0.1, 0.15) is 0 Å². The van der Waals surface area contributed by atoms with Crippen molar-refractivity contribution in [1.29, 1.82) is 0 Å². The van der Waals surface area contributed by atoms with Crippen molar-refractivity contribution in [3.05, 3.63) is 36.0 Å². The fourth-order valence-corrected chi connectivity index (χ4v) is 1.88. The minimum Gasteiger partial charge on any atom is -0.0961 e. The van der Waals surface area contributed by atoms with Crippen LogP contribution in [0.4, 0.5) is 0 Å². The quantitative estimate of drug-likeness (QED) is 0.568. The normalized spacial score (nSPS) is 29.0. The Hall–Kier alpha value is -0.780. The first-order valence-corrected chi connectivity index (χ1v) is 5.13. The van der Waals surface area contributed by atoms with Gasteiger partial charge in [-0.3, -0.25) is 0 Å². The van der Waals surface area contributed by atoms with E-state index in [0.717, 1.165) is 17.4 Å². The Kier molecular flexibility index (Phi) is 3.53. The van der Waals surface area contributed by atoms with E-state index in [4.69, 9.17) is 0 Å². The van der Waals surface area contributed by atoms with E-state index in [2.05, 4.69) is 38.7 Å². The average Bonchev–Trinajstić information content (AvgIpc) is 2.01. The summed E-state index contributed by atoms with van der Waals surface area (Å²) in [6, 6.07) is 0. The molecule has 1 fully saturated rings. The summed E-state index contributed by atoms with van der Waals surface area (Å²) in [6.07, 6.45) is 9.29. The van der Waals surface area contributed by atoms with Crippen molar-refractivity contribution < 1.29 is 0 Å². The average molecular weight is 176 g/mol. The molecule has 0 atom stereocenters. The van der Waals surface area contributed by atoms with Crippen LogP contribution in [-0.4, -0.2) is 0 Å². The Labute approximate surface area is 82.0 Å². The van der Waals surface area contributed by atoms with E-state index < -0.39 is 0 Å². The van der Waals surface area contributed by atoms with Gasteiger partial charge in [0.2, 0.25) is 0 Å². The van der Waals surface area contributed by atoms with Gasteiger partial charge in [-0.1, -0.05) is 37.3 Å². The highest BCUT2D eigenvalue weighted by molar-refractivity contribution is 5.28. The standard InChI is InChI=1S/C13H20/c1-5-12(7-6-10(2)3)13-8-11(4)9-13/h5-7,11,13H,2,8-9H2,1,3-4H3/b7-6-,12-5+. The summed E-state index contributed by atoms with van der Waals surface area (Å²) in [5, 5.41) is 0. The molecule has 1 rings (SSSR count). The largest absolute Gasteiger partial charge is 0.0961 e. The van der Waals surface area contributed by atoms with Crippen LogP contribution in [0.15, 0.2) is 36.0 Å². The van der Waals surface area contributed by atoms with Crippen LogP contribution in [0.1, 0.15) is 33.6 Å². The predicted molar refractivity (Wildman–Crippen MR) is 59.6 cm³/mol. The Morgan fingerprint density at radius 1 is 1.31 bits per heavy atom. The third kappa shape index (κ3) is 2.87. The Morgan fingerprint density at radius 3 is 2.31 bits per heavy atom. The van der Waals surface area contributed by atoms with Gasteiger partial charge in [0.25, 0.3) is 0 Å². The maximum Gasteiger partial charge on any atom is -0.0160 e. The lowest BCUT2D eigenvalue weighted by Crippen LogP contribution is -2.22. The molecule has 0 unspecified atom stereocenters. The third-order valence-electron chi connectivity index (χ3n) is 2.74. The van der Waals surface area contributed by atoms with Gasteiger partial charge in [0.05, 0.1) is 0 Å². The predicted octanol–water partition coefficient (Wildman–Crippen LogP) is 4.11. The zero-order valence-electron chi connectivity index (χ0n) is 9.01. The molecule has 0 saturated heterocycles. The molecule has 0 aromatic carbocycles. The molecule has 0 N–H and O–H groups in total. The van der Waals surface area contributed by atoms with Crippen molar-refractivity contribution in [2.45, 2.75) is 33.6 Å². The lowest BCUT2D eigenvalue weighted by molar-refractivity contribution is 0.253. The highest BCUT2D eigenvalue weighted by Crippen LogP contribution is 2.38. The van der Waals surface area contributed by atoms with E-state index in [1.165, 1.54) is 18.4 Å². The highest BCUT2D eigenvalue weighted by Gasteiger charge is 2.26. The van der Waals surface area contributed by atoms with Crippen molar-refractivity contribution in [3.8, 4) is 0 Å². The van der Waals surface area contributed by atoms with Gasteiger partial charge in [-0.15, -0.1) is 0 Å². The van der Waals surface area contributed by atoms with Gasteiger partial charge in [-0.25, -0.2) is 0 Å². The number of hydrogen-bond acceptors (Lipinski definition) is 0. The van der Waals surface area contributed by atoms with E-state index in [-0.39, 0.29) is 0 Å². The van der Waals surface area contributed by atoms with E-state index in [1.807, 2.05) is 6.92 Å². The van der Waals surface area contributed by atoms with E-state index in [1.54, 1.807) is 0 Å². The van der Waals surface area contributed by atoms with Crippen molar-refractivity contribution >= 4 is 0 Å². The molecule has 0 heterocycles. The van der Waals surface area contributed by atoms with Crippen LogP contribution < -0.4 is 0 Å². The maximum absolute atomic E-state index is 3.87. The molecule has 0 radical (unpaired) electrons. The first-order chi connectivity index (χ1) is 6.13. The molecule has 0 spiro atoms. The molecule has 0 amide bonds. The molecule has 72 valence electrons. The summed E-state index contributed by atoms with van der Waals surface area (Å²) in [7, 11) is 0. The highest BCUT2D eigenvalue weighted by atomic mass is 14.3. The second-order valence-electron chi connectivity index (χ2n) is 4.24. The summed E-state index contributed by atoms with van der Waals surface area (Å²) in [6.45, 7) is 10.4. The van der Waals surface area contributed by atoms with E-state index in [0.29, 0.717) is 0 Å². The molecule has 1 aliphatic rings. The van der Waals surface area contributed by atoms with Crippen molar-refractivity contribution in [2.24, 2.45) is 11.8 Å². The molecular formula is C13H20. The number of allylic oxidation sites excluding steroid dienone is 5. The molecule has 1 saturated carbocycles. The van der Waals surface area contributed by atoms with Crippen LogP contribution in [0.5, 0.6) is 0 Å². The second kappa shape index (κ2) is 4.45. The summed E-state index contributed by atoms with van der Waals surface area (Å²) >= 11 is 0. The first-order valence-electron chi connectivity index (χ1n) is 5.13. The lowest BCUT2D eigenvalue weighted by atomic mass is 9.72. The topological polar surface area (TPSA) is 0 Å². The summed E-state index contributed by atoms with van der Waals surface area (Å²) in [5.41, 5.74) is 2.62. The van der Waals surface area contributed by atoms with Gasteiger partial charge < -0.3 is 0 Å². The van der Waals surface area contributed by atoms with Gasteiger partial charge in [0.15, 0.2) is 0 Å². The van der Waals surface area contributed by atoms with Crippen LogP contribution >= 0.6 is 0 Å². The minimum absolute atomic E-state index is 0.815. The zero-order valence-corrected chi connectivity index (χ0v) is 9.01. The van der Waals surface area contributed by atoms with Crippen LogP contribution in [0, 0.1) is 11.8 Å². The van der Waals surface area contributed by atoms with Crippen LogP contribution in [0.3, 0.4) is 0 Å². The van der Waals surface area contributed by atoms with Gasteiger partial charge in [0, 0.05) is 0 Å². The van der Waals surface area contributed by atoms with Crippen molar-refractivity contribution in [1.82, 2.24) is 0 Å². The van der Waals surface area contributed by atoms with Crippen molar-refractivity contribution in [3.63, 3.8) is 0 Å². The molecule has 0 aromatic rings. The summed E-state index contributed by atoms with van der Waals surface area (Å²) < 4.78 is 0. The summed E-state index contributed by atoms with van der Waals surface area (Å²) in [5.74, 6) is 1.74. The Bertz CT molecular complexity index is 237. The molecule has 0 nitrogen and oxygen atoms in total. The second-order valence-corrected chi connectivity index (χ2v) is 4.24. The molecule has 0 bridgehead atoms. The Balaban J connectivity index is 2.50. The van der Waals surface area contributed by atoms with Gasteiger partial charge in [-0.05, 0) is 44.1 Å². The fourth-order valence-electron chi connectivity index (χ4n) is 1.88. The SMILES string of the molecule is C=C(C)/C=C\C(=C/C)C1CC(C)C1. The molecular weight excluding hydrogens is 156 g/mol. The molecule has 0 aromatic heterocycles. The number of hydrogen-bond donors (Lipinski definition) is 0. The van der Waals surface area contributed by atoms with E-state index >= 15 is 0 Å². The molecule has 0 heteroatoms. The lowest BCUT2D eigenvalue weighted by Gasteiger charge is -2.33. The molecule has 13 heavy (non-hydrogen) atoms. The van der Waals surface area contributed by atoms with Crippen LogP contribution in [0.25, 0.3) is 0 Å². The zero-order chi connectivity index (χ0) is 9.84.